The van der Waals surface area contributed by atoms with Crippen LogP contribution < -0.4 is 0 Å². The predicted octanol–water partition coefficient (Wildman–Crippen LogP) is -0.156. The summed E-state index contributed by atoms with van der Waals surface area (Å²) in [5.41, 5.74) is 0. The van der Waals surface area contributed by atoms with E-state index in [4.69, 9.17) is 10.2 Å². The van der Waals surface area contributed by atoms with Gasteiger partial charge in [0.1, 0.15) is 0 Å². The van der Waals surface area contributed by atoms with Crippen LogP contribution >= 0.6 is 0 Å². The molecule has 12 heavy (non-hydrogen) atoms. The Bertz CT molecular complexity index is 117. The van der Waals surface area contributed by atoms with Crippen LogP contribution in [-0.2, 0) is 4.79 Å². The van der Waals surface area contributed by atoms with Crippen molar-refractivity contribution >= 4 is 5.91 Å². The minimum absolute atomic E-state index is 0.118. The molecule has 0 spiro atoms. The van der Waals surface area contributed by atoms with E-state index in [2.05, 4.69) is 0 Å². The molecule has 1 amide bonds. The van der Waals surface area contributed by atoms with Crippen LogP contribution in [0.5, 0.6) is 0 Å². The number of aliphatic hydroxyl groups excluding tert-OH is 2. The maximum absolute atomic E-state index is 10.5. The van der Waals surface area contributed by atoms with Crippen LogP contribution in [-0.4, -0.2) is 47.3 Å². The Kier molecular flexibility index (Phi) is 9.86. The Morgan fingerprint density at radius 3 is 2.17 bits per heavy atom. The predicted molar refractivity (Wildman–Crippen MR) is 47.8 cm³/mol. The molecule has 74 valence electrons. The van der Waals surface area contributed by atoms with Crippen LogP contribution in [0.25, 0.3) is 0 Å². The zero-order valence-electron chi connectivity index (χ0n) is 8.24. The molecular weight excluding hydrogens is 158 g/mol. The van der Waals surface area contributed by atoms with Crippen LogP contribution in [0.2, 0.25) is 0 Å². The van der Waals surface area contributed by atoms with Gasteiger partial charge in [-0.2, -0.15) is 0 Å². The number of rotatable bonds is 3. The highest BCUT2D eigenvalue weighted by atomic mass is 16.3. The minimum Gasteiger partial charge on any atom is -0.394 e. The maximum Gasteiger partial charge on any atom is 0.219 e. The van der Waals surface area contributed by atoms with Gasteiger partial charge in [0.25, 0.3) is 0 Å². The van der Waals surface area contributed by atoms with E-state index in [0.29, 0.717) is 0 Å². The third kappa shape index (κ3) is 7.50. The topological polar surface area (TPSA) is 60.8 Å². The summed E-state index contributed by atoms with van der Waals surface area (Å²) >= 11 is 0. The first-order valence-electron chi connectivity index (χ1n) is 4.08. The first kappa shape index (κ1) is 13.9. The molecule has 1 unspecified atom stereocenters. The SMILES string of the molecule is CC.CC(=O)N(C)CC(O)CO. The molecule has 0 aromatic rings. The highest BCUT2D eigenvalue weighted by molar-refractivity contribution is 5.72. The van der Waals surface area contributed by atoms with Crippen molar-refractivity contribution in [1.82, 2.24) is 4.90 Å². The second-order valence-corrected chi connectivity index (χ2v) is 2.24. The lowest BCUT2D eigenvalue weighted by molar-refractivity contribution is -0.129. The molecule has 2 N–H and O–H groups in total. The summed E-state index contributed by atoms with van der Waals surface area (Å²) in [4.78, 5) is 11.9. The highest BCUT2D eigenvalue weighted by Crippen LogP contribution is 1.87. The van der Waals surface area contributed by atoms with Gasteiger partial charge < -0.3 is 15.1 Å². The summed E-state index contributed by atoms with van der Waals surface area (Å²) in [6.07, 6.45) is -0.825. The molecule has 0 aromatic carbocycles. The first-order valence-corrected chi connectivity index (χ1v) is 4.08. The van der Waals surface area contributed by atoms with Gasteiger partial charge in [0, 0.05) is 20.5 Å². The zero-order chi connectivity index (χ0) is 10.1. The molecule has 4 nitrogen and oxygen atoms in total. The monoisotopic (exact) mass is 177 g/mol. The van der Waals surface area contributed by atoms with E-state index < -0.39 is 6.10 Å². The summed E-state index contributed by atoms with van der Waals surface area (Å²) in [7, 11) is 1.57. The number of nitrogens with zero attached hydrogens (tertiary/aromatic N) is 1. The lowest BCUT2D eigenvalue weighted by atomic mass is 10.3. The van der Waals surface area contributed by atoms with Gasteiger partial charge in [0.15, 0.2) is 0 Å². The second-order valence-electron chi connectivity index (χ2n) is 2.24. The van der Waals surface area contributed by atoms with Gasteiger partial charge in [-0.05, 0) is 0 Å². The fourth-order valence-electron chi connectivity index (χ4n) is 0.502. The van der Waals surface area contributed by atoms with E-state index in [1.807, 2.05) is 13.8 Å². The molecule has 0 aliphatic rings. The van der Waals surface area contributed by atoms with Crippen molar-refractivity contribution in [2.75, 3.05) is 20.2 Å². The van der Waals surface area contributed by atoms with E-state index in [0.717, 1.165) is 0 Å². The van der Waals surface area contributed by atoms with Crippen LogP contribution in [0.1, 0.15) is 20.8 Å². The molecule has 4 heteroatoms. The average Bonchev–Trinajstić information content (AvgIpc) is 2.07. The number of hydrogen-bond donors (Lipinski definition) is 2. The lowest BCUT2D eigenvalue weighted by Gasteiger charge is -2.17. The molecular formula is C8H19NO3. The van der Waals surface area contributed by atoms with E-state index in [9.17, 15) is 4.79 Å². The fraction of sp³-hybridized carbons (Fsp3) is 0.875. The van der Waals surface area contributed by atoms with Crippen LogP contribution in [0.15, 0.2) is 0 Å². The van der Waals surface area contributed by atoms with Gasteiger partial charge in [-0.3, -0.25) is 4.79 Å². The highest BCUT2D eigenvalue weighted by Gasteiger charge is 2.07. The number of hydrogen-bond acceptors (Lipinski definition) is 3. The molecule has 0 aliphatic heterocycles. The van der Waals surface area contributed by atoms with Gasteiger partial charge in [-0.1, -0.05) is 13.8 Å². The summed E-state index contributed by atoms with van der Waals surface area (Å²) in [5, 5.41) is 17.2. The molecule has 0 saturated heterocycles. The molecule has 0 aromatic heterocycles. The van der Waals surface area contributed by atoms with Gasteiger partial charge in [-0.15, -0.1) is 0 Å². The van der Waals surface area contributed by atoms with Gasteiger partial charge in [0.05, 0.1) is 12.7 Å². The normalized spacial score (nSPS) is 11.2. The third-order valence-electron chi connectivity index (χ3n) is 1.23. The lowest BCUT2D eigenvalue weighted by Crippen LogP contribution is -2.34. The molecule has 0 heterocycles. The summed E-state index contributed by atoms with van der Waals surface area (Å²) < 4.78 is 0. The minimum atomic E-state index is -0.825. The Hall–Kier alpha value is -0.610. The molecule has 0 bridgehead atoms. The Balaban J connectivity index is 0. The van der Waals surface area contributed by atoms with Crippen molar-refractivity contribution in [2.45, 2.75) is 26.9 Å². The number of carbonyl (C=O) groups excluding carboxylic acids is 1. The van der Waals surface area contributed by atoms with Crippen molar-refractivity contribution in [2.24, 2.45) is 0 Å². The smallest absolute Gasteiger partial charge is 0.219 e. The molecule has 0 fully saturated rings. The van der Waals surface area contributed by atoms with Crippen LogP contribution in [0, 0.1) is 0 Å². The quantitative estimate of drug-likeness (QED) is 0.630. The average molecular weight is 177 g/mol. The Labute approximate surface area is 73.8 Å². The molecule has 0 saturated carbocycles. The van der Waals surface area contributed by atoms with Gasteiger partial charge in [-0.25, -0.2) is 0 Å². The molecule has 0 radical (unpaired) electrons. The Morgan fingerprint density at radius 2 is 1.92 bits per heavy atom. The Morgan fingerprint density at radius 1 is 1.50 bits per heavy atom. The van der Waals surface area contributed by atoms with E-state index in [-0.39, 0.29) is 19.1 Å². The fourth-order valence-corrected chi connectivity index (χ4v) is 0.502. The van der Waals surface area contributed by atoms with Crippen molar-refractivity contribution in [3.05, 3.63) is 0 Å². The van der Waals surface area contributed by atoms with E-state index in [1.54, 1.807) is 7.05 Å². The summed E-state index contributed by atoms with van der Waals surface area (Å²) in [6.45, 7) is 5.29. The number of amides is 1. The van der Waals surface area contributed by atoms with Crippen molar-refractivity contribution in [3.8, 4) is 0 Å². The van der Waals surface area contributed by atoms with Crippen molar-refractivity contribution < 1.29 is 15.0 Å². The standard InChI is InChI=1S/C6H13NO3.C2H6/c1-5(9)7(2)3-6(10)4-8;1-2/h6,8,10H,3-4H2,1-2H3;1-2H3. The van der Waals surface area contributed by atoms with E-state index >= 15 is 0 Å². The molecule has 0 rings (SSSR count). The van der Waals surface area contributed by atoms with Crippen molar-refractivity contribution in [1.29, 1.82) is 0 Å². The summed E-state index contributed by atoms with van der Waals surface area (Å²) in [6, 6.07) is 0. The molecule has 1 atom stereocenters. The van der Waals surface area contributed by atoms with E-state index in [1.165, 1.54) is 11.8 Å². The van der Waals surface area contributed by atoms with Gasteiger partial charge in [0.2, 0.25) is 5.91 Å². The number of aliphatic hydroxyl groups is 2. The third-order valence-corrected chi connectivity index (χ3v) is 1.23. The number of carbonyl (C=O) groups is 1. The zero-order valence-corrected chi connectivity index (χ0v) is 8.24. The maximum atomic E-state index is 10.5. The van der Waals surface area contributed by atoms with Crippen LogP contribution in [0.4, 0.5) is 0 Å². The second kappa shape index (κ2) is 8.49. The summed E-state index contributed by atoms with van der Waals surface area (Å²) in [5.74, 6) is -0.118. The van der Waals surface area contributed by atoms with Crippen LogP contribution in [0.3, 0.4) is 0 Å². The van der Waals surface area contributed by atoms with Gasteiger partial charge >= 0.3 is 0 Å². The molecule has 0 aliphatic carbocycles. The first-order chi connectivity index (χ1) is 5.57. The largest absolute Gasteiger partial charge is 0.394 e. The number of likely N-dealkylation sites (N-methyl/N-ethyl adjacent to an activating group) is 1. The van der Waals surface area contributed by atoms with Crippen molar-refractivity contribution in [3.63, 3.8) is 0 Å².